The molecule has 1 saturated heterocycles. The van der Waals surface area contributed by atoms with E-state index in [-0.39, 0.29) is 41.8 Å². The van der Waals surface area contributed by atoms with Gasteiger partial charge < -0.3 is 0 Å². The van der Waals surface area contributed by atoms with E-state index in [1.165, 1.54) is 16.4 Å². The number of fused-ring (bicyclic) bond motifs is 1. The van der Waals surface area contributed by atoms with E-state index in [1.54, 1.807) is 36.4 Å². The van der Waals surface area contributed by atoms with Crippen LogP contribution < -0.4 is 0 Å². The highest BCUT2D eigenvalue weighted by Crippen LogP contribution is 2.42. The van der Waals surface area contributed by atoms with Crippen LogP contribution in [0.3, 0.4) is 0 Å². The molecule has 0 aromatic heterocycles. The number of rotatable bonds is 4. The van der Waals surface area contributed by atoms with Crippen molar-refractivity contribution in [3.8, 4) is 0 Å². The summed E-state index contributed by atoms with van der Waals surface area (Å²) in [5, 5.41) is 10.8. The average molecular weight is 398 g/mol. The smallest absolute Gasteiger partial charge is 0.269 e. The van der Waals surface area contributed by atoms with Crippen LogP contribution in [0.4, 0.5) is 5.69 Å². The first-order valence-electron chi connectivity index (χ1n) is 8.85. The number of nitrogens with zero attached hydrogens (tertiary/aromatic N) is 2. The number of aryl methyl sites for hydroxylation is 1. The molecule has 0 amide bonds. The van der Waals surface area contributed by atoms with Crippen molar-refractivity contribution in [1.29, 1.82) is 0 Å². The maximum atomic E-state index is 13.0. The molecule has 0 N–H and O–H groups in total. The summed E-state index contributed by atoms with van der Waals surface area (Å²) in [5.74, 6) is -0.181. The normalized spacial score (nSPS) is 19.9. The summed E-state index contributed by atoms with van der Waals surface area (Å²) in [6.45, 7) is 2.33. The number of ketones is 1. The fourth-order valence-electron chi connectivity index (χ4n) is 3.85. The van der Waals surface area contributed by atoms with Gasteiger partial charge in [0.05, 0.1) is 9.82 Å². The number of hydrogen-bond acceptors (Lipinski definition) is 5. The Morgan fingerprint density at radius 1 is 1.07 bits per heavy atom. The van der Waals surface area contributed by atoms with Gasteiger partial charge in [0.1, 0.15) is 0 Å². The van der Waals surface area contributed by atoms with Gasteiger partial charge >= 0.3 is 0 Å². The van der Waals surface area contributed by atoms with Crippen LogP contribution in [0.15, 0.2) is 59.0 Å². The van der Waals surface area contributed by atoms with Crippen LogP contribution in [0.25, 0.3) is 5.57 Å². The third-order valence-corrected chi connectivity index (χ3v) is 7.15. The van der Waals surface area contributed by atoms with Crippen LogP contribution in [0.1, 0.15) is 17.5 Å². The number of sulfonamides is 1. The van der Waals surface area contributed by atoms with Crippen molar-refractivity contribution < 1.29 is 18.1 Å². The second-order valence-corrected chi connectivity index (χ2v) is 9.08. The van der Waals surface area contributed by atoms with E-state index in [2.05, 4.69) is 0 Å². The molecule has 8 heteroatoms. The van der Waals surface area contributed by atoms with Crippen LogP contribution in [0, 0.1) is 23.0 Å². The summed E-state index contributed by atoms with van der Waals surface area (Å²) in [6, 6.07) is 12.5. The molecule has 1 aliphatic heterocycles. The Labute approximate surface area is 162 Å². The number of nitro benzene ring substituents is 1. The summed E-state index contributed by atoms with van der Waals surface area (Å²) >= 11 is 0. The Balaban J connectivity index is 1.67. The van der Waals surface area contributed by atoms with E-state index in [1.807, 2.05) is 6.92 Å². The van der Waals surface area contributed by atoms with Gasteiger partial charge in [-0.05, 0) is 42.3 Å². The quantitative estimate of drug-likeness (QED) is 0.583. The van der Waals surface area contributed by atoms with E-state index in [0.29, 0.717) is 11.1 Å². The molecule has 0 spiro atoms. The summed E-state index contributed by atoms with van der Waals surface area (Å²) in [4.78, 5) is 23.1. The summed E-state index contributed by atoms with van der Waals surface area (Å²) in [5.41, 5.74) is 2.83. The van der Waals surface area contributed by atoms with E-state index in [0.717, 1.165) is 11.1 Å². The number of allylic oxidation sites excluding steroid dienone is 1. The van der Waals surface area contributed by atoms with E-state index in [4.69, 9.17) is 0 Å². The molecule has 1 heterocycles. The molecule has 2 aromatic carbocycles. The van der Waals surface area contributed by atoms with Crippen LogP contribution in [0.2, 0.25) is 0 Å². The van der Waals surface area contributed by atoms with Crippen LogP contribution >= 0.6 is 0 Å². The minimum atomic E-state index is -3.64. The molecular formula is C20H18N2O5S. The van der Waals surface area contributed by atoms with Gasteiger partial charge in [0.25, 0.3) is 5.69 Å². The SMILES string of the molecule is Cc1ccc(S(=O)(=O)N2CC3=C(c4ccc([N+](=O)[O-])cc4)C(=O)CC3C2)cc1. The monoisotopic (exact) mass is 398 g/mol. The first kappa shape index (κ1) is 18.5. The third-order valence-electron chi connectivity index (χ3n) is 5.32. The first-order chi connectivity index (χ1) is 13.3. The van der Waals surface area contributed by atoms with Crippen molar-refractivity contribution in [2.75, 3.05) is 13.1 Å². The van der Waals surface area contributed by atoms with Crippen LogP contribution in [-0.2, 0) is 14.8 Å². The number of nitro groups is 1. The zero-order valence-electron chi connectivity index (χ0n) is 15.2. The molecule has 0 bridgehead atoms. The number of hydrogen-bond donors (Lipinski definition) is 0. The Morgan fingerprint density at radius 3 is 2.32 bits per heavy atom. The molecule has 1 unspecified atom stereocenters. The maximum Gasteiger partial charge on any atom is 0.269 e. The topological polar surface area (TPSA) is 97.6 Å². The van der Waals surface area contributed by atoms with Gasteiger partial charge in [0.2, 0.25) is 10.0 Å². The molecule has 0 radical (unpaired) electrons. The molecule has 1 atom stereocenters. The molecule has 144 valence electrons. The number of benzene rings is 2. The zero-order valence-corrected chi connectivity index (χ0v) is 16.0. The lowest BCUT2D eigenvalue weighted by Crippen LogP contribution is -2.29. The fourth-order valence-corrected chi connectivity index (χ4v) is 5.32. The number of carbonyl (C=O) groups excluding carboxylic acids is 1. The maximum absolute atomic E-state index is 13.0. The lowest BCUT2D eigenvalue weighted by Gasteiger charge is -2.17. The molecule has 1 aliphatic carbocycles. The molecule has 0 saturated carbocycles. The number of Topliss-reactive ketones (excluding diaryl/α,β-unsaturated/α-hetero) is 1. The van der Waals surface area contributed by atoms with Gasteiger partial charge in [-0.2, -0.15) is 4.31 Å². The average Bonchev–Trinajstić information content (AvgIpc) is 3.19. The van der Waals surface area contributed by atoms with Gasteiger partial charge in [-0.15, -0.1) is 0 Å². The van der Waals surface area contributed by atoms with Crippen molar-refractivity contribution >= 4 is 27.1 Å². The second kappa shape index (κ2) is 6.65. The van der Waals surface area contributed by atoms with Gasteiger partial charge in [0, 0.05) is 43.1 Å². The van der Waals surface area contributed by atoms with E-state index >= 15 is 0 Å². The van der Waals surface area contributed by atoms with Crippen molar-refractivity contribution in [2.45, 2.75) is 18.2 Å². The minimum Gasteiger partial charge on any atom is -0.294 e. The number of carbonyl (C=O) groups is 1. The van der Waals surface area contributed by atoms with Crippen molar-refractivity contribution in [3.05, 3.63) is 75.3 Å². The molecule has 7 nitrogen and oxygen atoms in total. The molecule has 28 heavy (non-hydrogen) atoms. The van der Waals surface area contributed by atoms with Gasteiger partial charge in [0.15, 0.2) is 5.78 Å². The summed E-state index contributed by atoms with van der Waals surface area (Å²) in [7, 11) is -3.64. The van der Waals surface area contributed by atoms with Gasteiger partial charge in [-0.1, -0.05) is 17.7 Å². The second-order valence-electron chi connectivity index (χ2n) is 7.14. The minimum absolute atomic E-state index is 0.0405. The van der Waals surface area contributed by atoms with Crippen LogP contribution in [-0.4, -0.2) is 36.5 Å². The fraction of sp³-hybridized carbons (Fsp3) is 0.250. The molecule has 2 aliphatic rings. The molecule has 4 rings (SSSR count). The predicted molar refractivity (Wildman–Crippen MR) is 103 cm³/mol. The zero-order chi connectivity index (χ0) is 20.1. The highest BCUT2D eigenvalue weighted by Gasteiger charge is 2.43. The Bertz CT molecular complexity index is 1100. The van der Waals surface area contributed by atoms with Crippen LogP contribution in [0.5, 0.6) is 0 Å². The summed E-state index contributed by atoms with van der Waals surface area (Å²) in [6.07, 6.45) is 0.265. The van der Waals surface area contributed by atoms with Crippen molar-refractivity contribution in [1.82, 2.24) is 4.31 Å². The standard InChI is InChI=1S/C20H18N2O5S/c1-13-2-8-17(9-3-13)28(26,27)21-11-15-10-19(23)20(18(15)12-21)14-4-6-16(7-5-14)22(24)25/h2-9,15H,10-12H2,1H3. The van der Waals surface area contributed by atoms with Gasteiger partial charge in [-0.3, -0.25) is 14.9 Å². The van der Waals surface area contributed by atoms with Gasteiger partial charge in [-0.25, -0.2) is 8.42 Å². The lowest BCUT2D eigenvalue weighted by atomic mass is 10.0. The summed E-state index contributed by atoms with van der Waals surface area (Å²) < 4.78 is 27.3. The largest absolute Gasteiger partial charge is 0.294 e. The Morgan fingerprint density at radius 2 is 1.71 bits per heavy atom. The first-order valence-corrected chi connectivity index (χ1v) is 10.3. The third kappa shape index (κ3) is 3.04. The van der Waals surface area contributed by atoms with Crippen molar-refractivity contribution in [3.63, 3.8) is 0 Å². The highest BCUT2D eigenvalue weighted by molar-refractivity contribution is 7.89. The highest BCUT2D eigenvalue weighted by atomic mass is 32.2. The predicted octanol–water partition coefficient (Wildman–Crippen LogP) is 2.95. The Hall–Kier alpha value is -2.84. The lowest BCUT2D eigenvalue weighted by molar-refractivity contribution is -0.384. The Kier molecular flexibility index (Phi) is 4.40. The molecule has 2 aromatic rings. The van der Waals surface area contributed by atoms with Crippen molar-refractivity contribution in [2.24, 2.45) is 5.92 Å². The van der Waals surface area contributed by atoms with E-state index in [9.17, 15) is 23.3 Å². The molecule has 1 fully saturated rings. The number of non-ortho nitro benzene ring substituents is 1. The van der Waals surface area contributed by atoms with E-state index < -0.39 is 14.9 Å². The molecular weight excluding hydrogens is 380 g/mol.